The molecule has 0 aromatic carbocycles. The minimum atomic E-state index is 0.911. The molecule has 0 aliphatic rings. The van der Waals surface area contributed by atoms with Gasteiger partial charge in [0.15, 0.2) is 0 Å². The Hall–Kier alpha value is -0.450. The molecule has 17 heavy (non-hydrogen) atoms. The van der Waals surface area contributed by atoms with E-state index in [2.05, 4.69) is 41.4 Å². The van der Waals surface area contributed by atoms with E-state index in [1.165, 1.54) is 23.7 Å². The Kier molecular flexibility index (Phi) is 7.40. The van der Waals surface area contributed by atoms with Gasteiger partial charge in [0.2, 0.25) is 0 Å². The van der Waals surface area contributed by atoms with Crippen molar-refractivity contribution in [1.29, 1.82) is 0 Å². The second kappa shape index (κ2) is 8.61. The number of rotatable bonds is 9. The van der Waals surface area contributed by atoms with Crippen molar-refractivity contribution >= 4 is 11.3 Å². The van der Waals surface area contributed by atoms with Crippen molar-refractivity contribution in [3.05, 3.63) is 16.1 Å². The first kappa shape index (κ1) is 14.6. The molecule has 4 heteroatoms. The van der Waals surface area contributed by atoms with Crippen molar-refractivity contribution in [1.82, 2.24) is 15.2 Å². The number of aryl methyl sites for hydroxylation is 1. The number of aromatic nitrogens is 1. The Morgan fingerprint density at radius 2 is 2.06 bits per heavy atom. The molecule has 0 bridgehead atoms. The van der Waals surface area contributed by atoms with Gasteiger partial charge < -0.3 is 10.2 Å². The molecule has 1 N–H and O–H groups in total. The van der Waals surface area contributed by atoms with Gasteiger partial charge in [-0.15, -0.1) is 11.3 Å². The van der Waals surface area contributed by atoms with Crippen LogP contribution >= 0.6 is 11.3 Å². The number of hydrogen-bond donors (Lipinski definition) is 1. The molecule has 0 spiro atoms. The molecule has 98 valence electrons. The fourth-order valence-electron chi connectivity index (χ4n) is 1.78. The molecule has 1 rings (SSSR count). The zero-order chi connectivity index (χ0) is 12.5. The first-order chi connectivity index (χ1) is 8.30. The summed E-state index contributed by atoms with van der Waals surface area (Å²) in [7, 11) is 0. The molecule has 0 fully saturated rings. The zero-order valence-electron chi connectivity index (χ0n) is 11.3. The Bertz CT molecular complexity index is 295. The quantitative estimate of drug-likeness (QED) is 0.687. The Morgan fingerprint density at radius 3 is 2.65 bits per heavy atom. The van der Waals surface area contributed by atoms with Gasteiger partial charge in [-0.1, -0.05) is 20.8 Å². The first-order valence-corrected chi connectivity index (χ1v) is 7.54. The van der Waals surface area contributed by atoms with E-state index in [-0.39, 0.29) is 0 Å². The smallest absolute Gasteiger partial charge is 0.0926 e. The summed E-state index contributed by atoms with van der Waals surface area (Å²) in [5, 5.41) is 6.86. The second-order valence-electron chi connectivity index (χ2n) is 4.14. The maximum absolute atomic E-state index is 4.54. The average Bonchev–Trinajstić information content (AvgIpc) is 2.82. The average molecular weight is 255 g/mol. The van der Waals surface area contributed by atoms with Crippen LogP contribution in [0.5, 0.6) is 0 Å². The van der Waals surface area contributed by atoms with Gasteiger partial charge in [0, 0.05) is 11.9 Å². The van der Waals surface area contributed by atoms with E-state index in [1.54, 1.807) is 11.3 Å². The van der Waals surface area contributed by atoms with Crippen molar-refractivity contribution < 1.29 is 0 Å². The van der Waals surface area contributed by atoms with Gasteiger partial charge in [-0.05, 0) is 39.0 Å². The number of nitrogens with one attached hydrogen (secondary N) is 1. The normalized spacial score (nSPS) is 11.3. The van der Waals surface area contributed by atoms with Crippen molar-refractivity contribution in [3.63, 3.8) is 0 Å². The Labute approximate surface area is 109 Å². The summed E-state index contributed by atoms with van der Waals surface area (Å²) in [5.41, 5.74) is 1.19. The number of hydrogen-bond acceptors (Lipinski definition) is 4. The lowest BCUT2D eigenvalue weighted by molar-refractivity contribution is 0.298. The molecule has 1 aromatic heterocycles. The third-order valence-electron chi connectivity index (χ3n) is 2.93. The third-order valence-corrected chi connectivity index (χ3v) is 3.97. The minimum absolute atomic E-state index is 0.911. The minimum Gasteiger partial charge on any atom is -0.311 e. The fourth-order valence-corrected chi connectivity index (χ4v) is 2.52. The van der Waals surface area contributed by atoms with Gasteiger partial charge in [-0.25, -0.2) is 4.98 Å². The van der Waals surface area contributed by atoms with Gasteiger partial charge >= 0.3 is 0 Å². The van der Waals surface area contributed by atoms with Crippen LogP contribution in [0.2, 0.25) is 0 Å². The molecule has 1 aromatic rings. The van der Waals surface area contributed by atoms with Gasteiger partial charge in [0.05, 0.1) is 10.7 Å². The molecule has 1 heterocycles. The third kappa shape index (κ3) is 5.61. The van der Waals surface area contributed by atoms with Gasteiger partial charge in [-0.2, -0.15) is 0 Å². The van der Waals surface area contributed by atoms with E-state index < -0.39 is 0 Å². The summed E-state index contributed by atoms with van der Waals surface area (Å²) in [6.45, 7) is 12.1. The van der Waals surface area contributed by atoms with Gasteiger partial charge in [0.1, 0.15) is 0 Å². The van der Waals surface area contributed by atoms with Crippen molar-refractivity contribution in [2.45, 2.75) is 40.2 Å². The van der Waals surface area contributed by atoms with E-state index in [1.807, 2.05) is 0 Å². The van der Waals surface area contributed by atoms with E-state index in [0.29, 0.717) is 0 Å². The Morgan fingerprint density at radius 1 is 1.29 bits per heavy atom. The van der Waals surface area contributed by atoms with Crippen LogP contribution in [0.4, 0.5) is 0 Å². The standard InChI is InChI=1S/C13H25N3S/c1-4-13-15-12(11-17-13)10-14-8-7-9-16(5-2)6-3/h11,14H,4-10H2,1-3H3. The lowest BCUT2D eigenvalue weighted by Gasteiger charge is -2.17. The molecule has 0 atom stereocenters. The first-order valence-electron chi connectivity index (χ1n) is 6.66. The van der Waals surface area contributed by atoms with Crippen LogP contribution < -0.4 is 5.32 Å². The molecule has 0 amide bonds. The molecule has 0 saturated heterocycles. The summed E-state index contributed by atoms with van der Waals surface area (Å²) in [4.78, 5) is 7.00. The maximum atomic E-state index is 4.54. The second-order valence-corrected chi connectivity index (χ2v) is 5.09. The van der Waals surface area contributed by atoms with E-state index >= 15 is 0 Å². The summed E-state index contributed by atoms with van der Waals surface area (Å²) < 4.78 is 0. The topological polar surface area (TPSA) is 28.2 Å². The molecular formula is C13H25N3S. The van der Waals surface area contributed by atoms with Crippen molar-refractivity contribution in [2.75, 3.05) is 26.2 Å². The lowest BCUT2D eigenvalue weighted by atomic mass is 10.3. The number of nitrogens with zero attached hydrogens (tertiary/aromatic N) is 2. The molecule has 0 saturated carbocycles. The fraction of sp³-hybridized carbons (Fsp3) is 0.769. The molecular weight excluding hydrogens is 230 g/mol. The van der Waals surface area contributed by atoms with Crippen LogP contribution in [-0.4, -0.2) is 36.1 Å². The zero-order valence-corrected chi connectivity index (χ0v) is 12.1. The predicted octanol–water partition coefficient (Wildman–Crippen LogP) is 2.53. The van der Waals surface area contributed by atoms with Crippen LogP contribution in [0.15, 0.2) is 5.38 Å². The van der Waals surface area contributed by atoms with Crippen LogP contribution in [0.3, 0.4) is 0 Å². The molecule has 0 radical (unpaired) electrons. The van der Waals surface area contributed by atoms with Crippen molar-refractivity contribution in [2.24, 2.45) is 0 Å². The highest BCUT2D eigenvalue weighted by molar-refractivity contribution is 7.09. The molecule has 3 nitrogen and oxygen atoms in total. The largest absolute Gasteiger partial charge is 0.311 e. The highest BCUT2D eigenvalue weighted by Gasteiger charge is 2.00. The maximum Gasteiger partial charge on any atom is 0.0926 e. The summed E-state index contributed by atoms with van der Waals surface area (Å²) in [6, 6.07) is 0. The molecule has 0 aliphatic heterocycles. The van der Waals surface area contributed by atoms with Crippen LogP contribution in [0.25, 0.3) is 0 Å². The van der Waals surface area contributed by atoms with Gasteiger partial charge in [0.25, 0.3) is 0 Å². The number of thiazole rings is 1. The summed E-state index contributed by atoms with van der Waals surface area (Å²) >= 11 is 1.77. The van der Waals surface area contributed by atoms with E-state index in [4.69, 9.17) is 0 Å². The summed E-state index contributed by atoms with van der Waals surface area (Å²) in [5.74, 6) is 0. The highest BCUT2D eigenvalue weighted by atomic mass is 32.1. The Balaban J connectivity index is 2.07. The van der Waals surface area contributed by atoms with Crippen LogP contribution in [0, 0.1) is 0 Å². The SMILES string of the molecule is CCc1nc(CNCCCN(CC)CC)cs1. The monoisotopic (exact) mass is 255 g/mol. The van der Waals surface area contributed by atoms with Crippen LogP contribution in [-0.2, 0) is 13.0 Å². The highest BCUT2D eigenvalue weighted by Crippen LogP contribution is 2.09. The van der Waals surface area contributed by atoms with Crippen molar-refractivity contribution in [3.8, 4) is 0 Å². The van der Waals surface area contributed by atoms with E-state index in [9.17, 15) is 0 Å². The van der Waals surface area contributed by atoms with E-state index in [0.717, 1.165) is 32.6 Å². The van der Waals surface area contributed by atoms with Gasteiger partial charge in [-0.3, -0.25) is 0 Å². The molecule has 0 unspecified atom stereocenters. The van der Waals surface area contributed by atoms with Crippen LogP contribution in [0.1, 0.15) is 37.9 Å². The lowest BCUT2D eigenvalue weighted by Crippen LogP contribution is -2.27. The predicted molar refractivity (Wildman–Crippen MR) is 75.6 cm³/mol. The summed E-state index contributed by atoms with van der Waals surface area (Å²) in [6.07, 6.45) is 2.26. The molecule has 0 aliphatic carbocycles.